The molecule has 2 heterocycles. The van der Waals surface area contributed by atoms with Gasteiger partial charge in [0.05, 0.1) is 11.4 Å². The summed E-state index contributed by atoms with van der Waals surface area (Å²) in [5, 5.41) is 0. The summed E-state index contributed by atoms with van der Waals surface area (Å²) in [6.45, 7) is 7.00. The molecule has 6 heteroatoms. The van der Waals surface area contributed by atoms with Crippen LogP contribution in [0.3, 0.4) is 0 Å². The molecule has 1 aromatic rings. The quantitative estimate of drug-likeness (QED) is 0.820. The lowest BCUT2D eigenvalue weighted by Crippen LogP contribution is -2.39. The standard InChI is InChI=1S/C18H29N3O2S/c1-3-4-12-24(22,23)20-17-13-18(17)8-10-21(11-9-18)14-16-7-5-6-15(2)19-16/h5-7,17,20H,3-4,8-14H2,1-2H3. The number of hydrogen-bond acceptors (Lipinski definition) is 4. The van der Waals surface area contributed by atoms with Crippen molar-refractivity contribution in [1.29, 1.82) is 0 Å². The van der Waals surface area contributed by atoms with Crippen molar-refractivity contribution in [3.63, 3.8) is 0 Å². The molecule has 1 aliphatic heterocycles. The molecular formula is C18H29N3O2S. The summed E-state index contributed by atoms with van der Waals surface area (Å²) in [6, 6.07) is 6.33. The van der Waals surface area contributed by atoms with Crippen LogP contribution in [0, 0.1) is 12.3 Å². The van der Waals surface area contributed by atoms with Gasteiger partial charge in [0.15, 0.2) is 0 Å². The van der Waals surface area contributed by atoms with Crippen LogP contribution in [0.1, 0.15) is 50.4 Å². The highest BCUT2D eigenvalue weighted by atomic mass is 32.2. The Bertz CT molecular complexity index is 667. The lowest BCUT2D eigenvalue weighted by molar-refractivity contribution is 0.160. The average Bonchev–Trinajstić information content (AvgIpc) is 3.19. The van der Waals surface area contributed by atoms with E-state index in [2.05, 4.69) is 26.7 Å². The van der Waals surface area contributed by atoms with E-state index in [1.165, 1.54) is 0 Å². The minimum absolute atomic E-state index is 0.165. The van der Waals surface area contributed by atoms with Crippen molar-refractivity contribution in [2.45, 2.75) is 58.5 Å². The number of sulfonamides is 1. The molecule has 5 nitrogen and oxygen atoms in total. The summed E-state index contributed by atoms with van der Waals surface area (Å²) in [6.07, 6.45) is 4.83. The van der Waals surface area contributed by atoms with Crippen molar-refractivity contribution in [2.24, 2.45) is 5.41 Å². The molecule has 134 valence electrons. The maximum absolute atomic E-state index is 12.1. The number of aryl methyl sites for hydroxylation is 1. The number of nitrogens with zero attached hydrogens (tertiary/aromatic N) is 2. The second-order valence-corrected chi connectivity index (χ2v) is 9.33. The van der Waals surface area contributed by atoms with E-state index < -0.39 is 10.0 Å². The predicted molar refractivity (Wildman–Crippen MR) is 96.2 cm³/mol. The lowest BCUT2D eigenvalue weighted by atomic mass is 9.92. The van der Waals surface area contributed by atoms with E-state index in [1.807, 2.05) is 19.9 Å². The van der Waals surface area contributed by atoms with Crippen LogP contribution in [0.4, 0.5) is 0 Å². The van der Waals surface area contributed by atoms with Gasteiger partial charge in [-0.05, 0) is 63.2 Å². The molecule has 1 atom stereocenters. The van der Waals surface area contributed by atoms with Gasteiger partial charge >= 0.3 is 0 Å². The van der Waals surface area contributed by atoms with Gasteiger partial charge in [-0.2, -0.15) is 0 Å². The van der Waals surface area contributed by atoms with Gasteiger partial charge in [0.25, 0.3) is 0 Å². The van der Waals surface area contributed by atoms with Crippen LogP contribution in [0.5, 0.6) is 0 Å². The topological polar surface area (TPSA) is 62.3 Å². The molecule has 1 aromatic heterocycles. The maximum atomic E-state index is 12.1. The molecule has 0 bridgehead atoms. The van der Waals surface area contributed by atoms with E-state index in [0.29, 0.717) is 0 Å². The molecule has 1 N–H and O–H groups in total. The van der Waals surface area contributed by atoms with Gasteiger partial charge in [0, 0.05) is 18.3 Å². The normalized spacial score (nSPS) is 23.5. The fourth-order valence-corrected chi connectivity index (χ4v) is 5.30. The average molecular weight is 352 g/mol. The van der Waals surface area contributed by atoms with E-state index >= 15 is 0 Å². The summed E-state index contributed by atoms with van der Waals surface area (Å²) in [5.74, 6) is 0.265. The molecule has 1 aliphatic carbocycles. The summed E-state index contributed by atoms with van der Waals surface area (Å²) in [5.41, 5.74) is 2.40. The van der Waals surface area contributed by atoms with Crippen LogP contribution in [-0.2, 0) is 16.6 Å². The van der Waals surface area contributed by atoms with Crippen molar-refractivity contribution in [3.05, 3.63) is 29.6 Å². The molecule has 0 aromatic carbocycles. The Hall–Kier alpha value is -0.980. The Morgan fingerprint density at radius 1 is 1.33 bits per heavy atom. The molecule has 24 heavy (non-hydrogen) atoms. The van der Waals surface area contributed by atoms with Gasteiger partial charge in [0.1, 0.15) is 0 Å². The minimum Gasteiger partial charge on any atom is -0.297 e. The first-order valence-electron chi connectivity index (χ1n) is 9.07. The lowest BCUT2D eigenvalue weighted by Gasteiger charge is -2.32. The Labute approximate surface area is 145 Å². The zero-order chi connectivity index (χ0) is 17.2. The van der Waals surface area contributed by atoms with Crippen LogP contribution in [0.25, 0.3) is 0 Å². The van der Waals surface area contributed by atoms with E-state index in [0.717, 1.165) is 63.1 Å². The zero-order valence-electron chi connectivity index (χ0n) is 14.8. The van der Waals surface area contributed by atoms with E-state index in [-0.39, 0.29) is 17.2 Å². The molecule has 1 saturated heterocycles. The molecule has 2 fully saturated rings. The third-order valence-corrected chi connectivity index (χ3v) is 6.93. The molecule has 0 amide bonds. The fourth-order valence-electron chi connectivity index (χ4n) is 3.75. The first-order chi connectivity index (χ1) is 11.4. The van der Waals surface area contributed by atoms with Crippen molar-refractivity contribution in [1.82, 2.24) is 14.6 Å². The number of nitrogens with one attached hydrogen (secondary N) is 1. The number of pyridine rings is 1. The molecule has 1 unspecified atom stereocenters. The van der Waals surface area contributed by atoms with E-state index in [1.54, 1.807) is 0 Å². The van der Waals surface area contributed by atoms with Crippen LogP contribution < -0.4 is 4.72 Å². The minimum atomic E-state index is -3.10. The van der Waals surface area contributed by atoms with Crippen molar-refractivity contribution in [2.75, 3.05) is 18.8 Å². The summed E-state index contributed by atoms with van der Waals surface area (Å²) in [4.78, 5) is 7.02. The number of likely N-dealkylation sites (tertiary alicyclic amines) is 1. The molecule has 2 aliphatic rings. The second-order valence-electron chi connectivity index (χ2n) is 7.46. The highest BCUT2D eigenvalue weighted by Crippen LogP contribution is 2.54. The van der Waals surface area contributed by atoms with Gasteiger partial charge in [-0.3, -0.25) is 9.88 Å². The van der Waals surface area contributed by atoms with E-state index in [9.17, 15) is 8.42 Å². The van der Waals surface area contributed by atoms with Crippen molar-refractivity contribution < 1.29 is 8.42 Å². The Kier molecular flexibility index (Phi) is 5.27. The van der Waals surface area contributed by atoms with Gasteiger partial charge < -0.3 is 0 Å². The highest BCUT2D eigenvalue weighted by Gasteiger charge is 2.56. The monoisotopic (exact) mass is 351 g/mol. The first kappa shape index (κ1) is 17.8. The van der Waals surface area contributed by atoms with E-state index in [4.69, 9.17) is 0 Å². The maximum Gasteiger partial charge on any atom is 0.211 e. The van der Waals surface area contributed by atoms with Crippen LogP contribution >= 0.6 is 0 Å². The van der Waals surface area contributed by atoms with Gasteiger partial charge in [0.2, 0.25) is 10.0 Å². The number of piperidine rings is 1. The van der Waals surface area contributed by atoms with Crippen LogP contribution in [0.15, 0.2) is 18.2 Å². The first-order valence-corrected chi connectivity index (χ1v) is 10.7. The zero-order valence-corrected chi connectivity index (χ0v) is 15.6. The molecule has 0 radical (unpaired) electrons. The summed E-state index contributed by atoms with van der Waals surface area (Å²) in [7, 11) is -3.10. The SMILES string of the molecule is CCCCS(=O)(=O)NC1CC12CCN(Cc1cccc(C)n1)CC2. The molecular weight excluding hydrogens is 322 g/mol. The van der Waals surface area contributed by atoms with Crippen molar-refractivity contribution in [3.8, 4) is 0 Å². The number of unbranched alkanes of at least 4 members (excludes halogenated alkanes) is 1. The number of aromatic nitrogens is 1. The Morgan fingerprint density at radius 3 is 2.75 bits per heavy atom. The molecule has 1 saturated carbocycles. The second kappa shape index (κ2) is 7.10. The third kappa shape index (κ3) is 4.35. The largest absolute Gasteiger partial charge is 0.297 e. The Morgan fingerprint density at radius 2 is 2.08 bits per heavy atom. The summed E-state index contributed by atoms with van der Waals surface area (Å²) >= 11 is 0. The Balaban J connectivity index is 1.48. The predicted octanol–water partition coefficient (Wildman–Crippen LogP) is 2.46. The van der Waals surface area contributed by atoms with Gasteiger partial charge in [-0.15, -0.1) is 0 Å². The highest BCUT2D eigenvalue weighted by molar-refractivity contribution is 7.89. The number of rotatable bonds is 7. The van der Waals surface area contributed by atoms with Crippen molar-refractivity contribution >= 4 is 10.0 Å². The third-order valence-electron chi connectivity index (χ3n) is 5.46. The smallest absolute Gasteiger partial charge is 0.211 e. The fraction of sp³-hybridized carbons (Fsp3) is 0.722. The number of hydrogen-bond donors (Lipinski definition) is 1. The molecule has 3 rings (SSSR count). The molecule has 1 spiro atoms. The van der Waals surface area contributed by atoms with Gasteiger partial charge in [-0.25, -0.2) is 13.1 Å². The van der Waals surface area contributed by atoms with Gasteiger partial charge in [-0.1, -0.05) is 19.4 Å². The van der Waals surface area contributed by atoms with Crippen LogP contribution in [0.2, 0.25) is 0 Å². The summed E-state index contributed by atoms with van der Waals surface area (Å²) < 4.78 is 27.1. The van der Waals surface area contributed by atoms with Crippen LogP contribution in [-0.4, -0.2) is 43.2 Å².